The van der Waals surface area contributed by atoms with Crippen LogP contribution in [0.4, 0.5) is 0 Å². The number of hydrogen-bond acceptors (Lipinski definition) is 0. The fourth-order valence-electron chi connectivity index (χ4n) is 3.38. The quantitative estimate of drug-likeness (QED) is 0.505. The van der Waals surface area contributed by atoms with Crippen molar-refractivity contribution in [3.63, 3.8) is 0 Å². The van der Waals surface area contributed by atoms with Crippen molar-refractivity contribution in [2.45, 2.75) is 58.9 Å². The van der Waals surface area contributed by atoms with Gasteiger partial charge in [0.1, 0.15) is 0 Å². The van der Waals surface area contributed by atoms with Gasteiger partial charge in [-0.25, -0.2) is 0 Å². The molecule has 0 radical (unpaired) electrons. The maximum absolute atomic E-state index is 2.53. The molecule has 80 valence electrons. The lowest BCUT2D eigenvalue weighted by atomic mass is 11.7. The predicted molar refractivity (Wildman–Crippen MR) is 73.3 cm³/mol. The van der Waals surface area contributed by atoms with E-state index in [4.69, 9.17) is 0 Å². The van der Waals surface area contributed by atoms with Gasteiger partial charge in [0.2, 0.25) is 0 Å². The average molecular weight is 232 g/mol. The minimum Gasteiger partial charge on any atom is -0.311 e. The van der Waals surface area contributed by atoms with E-state index in [1.54, 1.807) is 0 Å². The van der Waals surface area contributed by atoms with Crippen LogP contribution in [0.15, 0.2) is 0 Å². The third-order valence-corrected chi connectivity index (χ3v) is 20.2. The number of rotatable bonds is 3. The first-order chi connectivity index (χ1) is 5.37. The minimum atomic E-state index is -1.02. The molecule has 0 rings (SSSR count). The Hall–Kier alpha value is 0.651. The van der Waals surface area contributed by atoms with E-state index >= 15 is 0 Å². The SMILES string of the molecule is C[Si](C)(C)[C-]([Si](C)(C)C)[Si](C)(C)C. The fourth-order valence-corrected chi connectivity index (χ4v) is 30.4. The van der Waals surface area contributed by atoms with Crippen LogP contribution in [0.2, 0.25) is 58.9 Å². The normalized spacial score (nSPS) is 15.2. The van der Waals surface area contributed by atoms with E-state index in [1.165, 1.54) is 0 Å². The highest BCUT2D eigenvalue weighted by Gasteiger charge is 2.31. The van der Waals surface area contributed by atoms with Crippen LogP contribution in [0, 0.1) is 4.79 Å². The van der Waals surface area contributed by atoms with Gasteiger partial charge in [-0.2, -0.15) is 0 Å². The van der Waals surface area contributed by atoms with Crippen molar-refractivity contribution in [1.29, 1.82) is 0 Å². The summed E-state index contributed by atoms with van der Waals surface area (Å²) >= 11 is 0. The molecule has 0 aromatic carbocycles. The van der Waals surface area contributed by atoms with Gasteiger partial charge in [0.25, 0.3) is 0 Å². The molecule has 0 aliphatic rings. The van der Waals surface area contributed by atoms with Crippen molar-refractivity contribution in [3.05, 3.63) is 4.79 Å². The molecule has 0 saturated carbocycles. The molecule has 0 unspecified atom stereocenters. The van der Waals surface area contributed by atoms with Crippen molar-refractivity contribution in [3.8, 4) is 0 Å². The van der Waals surface area contributed by atoms with Crippen molar-refractivity contribution in [1.82, 2.24) is 0 Å². The third kappa shape index (κ3) is 4.13. The summed E-state index contributed by atoms with van der Waals surface area (Å²) in [6.45, 7) is 22.7. The lowest BCUT2D eigenvalue weighted by Gasteiger charge is -2.60. The van der Waals surface area contributed by atoms with E-state index in [0.29, 0.717) is 0 Å². The van der Waals surface area contributed by atoms with Crippen LogP contribution in [0.1, 0.15) is 0 Å². The summed E-state index contributed by atoms with van der Waals surface area (Å²) in [7, 11) is -3.05. The molecule has 0 heterocycles. The Morgan fingerprint density at radius 3 is 0.615 bits per heavy atom. The zero-order valence-corrected chi connectivity index (χ0v) is 14.0. The molecule has 0 spiro atoms. The smallest absolute Gasteiger partial charge is 0.0950 e. The highest BCUT2D eigenvalue weighted by molar-refractivity contribution is 7.19. The van der Waals surface area contributed by atoms with E-state index in [0.717, 1.165) is 0 Å². The number of hydrogen-bond donors (Lipinski definition) is 0. The average Bonchev–Trinajstić information content (AvgIpc) is 1.44. The molecule has 0 N–H and O–H groups in total. The molecule has 0 atom stereocenters. The fraction of sp³-hybridized carbons (Fsp3) is 0.900. The molecular weight excluding hydrogens is 204 g/mol. The lowest BCUT2D eigenvalue weighted by molar-refractivity contribution is 1.51. The van der Waals surface area contributed by atoms with Gasteiger partial charge in [0, 0.05) is 0 Å². The van der Waals surface area contributed by atoms with Crippen molar-refractivity contribution in [2.24, 2.45) is 0 Å². The zero-order chi connectivity index (χ0) is 11.1. The summed E-state index contributed by atoms with van der Waals surface area (Å²) in [6, 6.07) is 0. The molecule has 0 bridgehead atoms. The lowest BCUT2D eigenvalue weighted by Crippen LogP contribution is -2.58. The Labute approximate surface area is 88.2 Å². The topological polar surface area (TPSA) is 0 Å². The monoisotopic (exact) mass is 231 g/mol. The predicted octanol–water partition coefficient (Wildman–Crippen LogP) is 4.19. The maximum atomic E-state index is 2.53. The summed E-state index contributed by atoms with van der Waals surface area (Å²) in [5.74, 6) is 0. The third-order valence-electron chi connectivity index (χ3n) is 2.25. The Balaban J connectivity index is 5.02. The van der Waals surface area contributed by atoms with E-state index in [2.05, 4.69) is 63.7 Å². The molecule has 0 aromatic heterocycles. The van der Waals surface area contributed by atoms with Crippen LogP contribution in [0.25, 0.3) is 0 Å². The molecule has 0 saturated heterocycles. The van der Waals surface area contributed by atoms with Crippen molar-refractivity contribution >= 4 is 24.2 Å². The Bertz CT molecular complexity index is 133. The van der Waals surface area contributed by atoms with Crippen molar-refractivity contribution in [2.75, 3.05) is 0 Å². The summed E-state index contributed by atoms with van der Waals surface area (Å²) in [5.41, 5.74) is 0. The first-order valence-corrected chi connectivity index (χ1v) is 15.8. The van der Waals surface area contributed by atoms with Gasteiger partial charge in [-0.3, -0.25) is 0 Å². The van der Waals surface area contributed by atoms with Gasteiger partial charge >= 0.3 is 0 Å². The molecule has 0 fully saturated rings. The van der Waals surface area contributed by atoms with Gasteiger partial charge in [-0.15, -0.1) is 24.2 Å². The van der Waals surface area contributed by atoms with E-state index in [9.17, 15) is 0 Å². The summed E-state index contributed by atoms with van der Waals surface area (Å²) in [4.78, 5) is 2.06. The summed E-state index contributed by atoms with van der Waals surface area (Å²) < 4.78 is 0. The van der Waals surface area contributed by atoms with Crippen molar-refractivity contribution < 1.29 is 0 Å². The first kappa shape index (κ1) is 13.7. The van der Waals surface area contributed by atoms with E-state index in [-0.39, 0.29) is 0 Å². The molecule has 0 nitrogen and oxygen atoms in total. The van der Waals surface area contributed by atoms with Crippen LogP contribution < -0.4 is 0 Å². The molecule has 0 amide bonds. The maximum Gasteiger partial charge on any atom is -0.0950 e. The van der Waals surface area contributed by atoms with Gasteiger partial charge in [-0.1, -0.05) is 58.9 Å². The second-order valence-corrected chi connectivity index (χ2v) is 23.6. The van der Waals surface area contributed by atoms with E-state index < -0.39 is 24.2 Å². The minimum absolute atomic E-state index is 1.02. The second-order valence-electron chi connectivity index (χ2n) is 7.12. The molecule has 0 aliphatic heterocycles. The zero-order valence-electron chi connectivity index (χ0n) is 11.0. The highest BCUT2D eigenvalue weighted by Crippen LogP contribution is 2.36. The molecule has 13 heavy (non-hydrogen) atoms. The van der Waals surface area contributed by atoms with Gasteiger partial charge in [0.05, 0.1) is 0 Å². The molecule has 3 heteroatoms. The Morgan fingerprint density at radius 2 is 0.615 bits per heavy atom. The van der Waals surface area contributed by atoms with Crippen LogP contribution in [-0.4, -0.2) is 24.2 Å². The second kappa shape index (κ2) is 3.66. The van der Waals surface area contributed by atoms with Gasteiger partial charge in [-0.05, 0) is 0 Å². The Morgan fingerprint density at radius 1 is 0.462 bits per heavy atom. The van der Waals surface area contributed by atoms with E-state index in [1.807, 2.05) is 0 Å². The summed E-state index contributed by atoms with van der Waals surface area (Å²) in [5, 5.41) is 0. The summed E-state index contributed by atoms with van der Waals surface area (Å²) in [6.07, 6.45) is 0. The molecule has 0 aliphatic carbocycles. The standard InChI is InChI=1S/C10H27Si3/c1-11(2,3)10(12(4,5)6)13(7,8)9/h1-9H3/q-1. The van der Waals surface area contributed by atoms with Crippen LogP contribution >= 0.6 is 0 Å². The van der Waals surface area contributed by atoms with Crippen LogP contribution in [0.3, 0.4) is 0 Å². The van der Waals surface area contributed by atoms with Gasteiger partial charge < -0.3 is 4.79 Å². The first-order valence-electron chi connectivity index (χ1n) is 5.25. The largest absolute Gasteiger partial charge is 0.311 e. The molecule has 0 aromatic rings. The molecular formula is C10H27Si3-. The Kier molecular flexibility index (Phi) is 3.85. The highest BCUT2D eigenvalue weighted by atomic mass is 28.5. The van der Waals surface area contributed by atoms with Crippen LogP contribution in [-0.2, 0) is 0 Å². The van der Waals surface area contributed by atoms with Crippen LogP contribution in [0.5, 0.6) is 0 Å². The van der Waals surface area contributed by atoms with Gasteiger partial charge in [0.15, 0.2) is 0 Å².